The van der Waals surface area contributed by atoms with E-state index in [4.69, 9.17) is 4.74 Å². The van der Waals surface area contributed by atoms with Crippen LogP contribution in [0.4, 0.5) is 0 Å². The normalized spacial score (nSPS) is 20.0. The molecule has 1 fully saturated rings. The smallest absolute Gasteiger partial charge is 0.141 e. The average Bonchev–Trinajstić information content (AvgIpc) is 3.32. The van der Waals surface area contributed by atoms with Crippen LogP contribution in [0.25, 0.3) is 10.9 Å². The molecular formula is C18H23N5O2. The van der Waals surface area contributed by atoms with Crippen LogP contribution in [0.3, 0.4) is 0 Å². The highest BCUT2D eigenvalue weighted by Crippen LogP contribution is 2.29. The monoisotopic (exact) mass is 341 g/mol. The van der Waals surface area contributed by atoms with Crippen molar-refractivity contribution in [3.8, 4) is 5.75 Å². The Bertz CT molecular complexity index is 801. The molecule has 7 heteroatoms. The van der Waals surface area contributed by atoms with Crippen LogP contribution in [0.2, 0.25) is 0 Å². The standard InChI is InChI=1S/C18H23N5O2/c24-13(11-25-17-6-3-4-15-14(17)7-8-19-15)10-23-9-2-1-5-16(23)18-20-12-21-22-18/h3-4,6-8,12-13,16,19,24H,1-2,5,9-11H2,(H,20,21,22). The topological polar surface area (TPSA) is 90.1 Å². The van der Waals surface area contributed by atoms with Crippen LogP contribution < -0.4 is 4.74 Å². The van der Waals surface area contributed by atoms with E-state index in [9.17, 15) is 5.11 Å². The predicted octanol–water partition coefficient (Wildman–Crippen LogP) is 2.25. The SMILES string of the molecule is OC(COc1cccc2[nH]ccc12)CN1CCCCC1c1ncn[nH]1. The average molecular weight is 341 g/mol. The maximum atomic E-state index is 10.5. The summed E-state index contributed by atoms with van der Waals surface area (Å²) in [6.07, 6.45) is 6.22. The summed E-state index contributed by atoms with van der Waals surface area (Å²) in [4.78, 5) is 9.73. The fourth-order valence-corrected chi connectivity index (χ4v) is 3.59. The van der Waals surface area contributed by atoms with E-state index >= 15 is 0 Å². The molecule has 2 aromatic heterocycles. The lowest BCUT2D eigenvalue weighted by molar-refractivity contribution is 0.0376. The van der Waals surface area contributed by atoms with Gasteiger partial charge >= 0.3 is 0 Å². The molecule has 3 N–H and O–H groups in total. The van der Waals surface area contributed by atoms with Crippen LogP contribution >= 0.6 is 0 Å². The lowest BCUT2D eigenvalue weighted by Gasteiger charge is -2.35. The number of aliphatic hydroxyl groups is 1. The number of H-pyrrole nitrogens is 2. The number of piperidine rings is 1. The Balaban J connectivity index is 1.38. The van der Waals surface area contributed by atoms with E-state index in [0.717, 1.165) is 41.9 Å². The Kier molecular flexibility index (Phi) is 4.67. The molecule has 0 saturated carbocycles. The number of rotatable bonds is 6. The first kappa shape index (κ1) is 16.1. The number of nitrogens with zero attached hydrogens (tertiary/aromatic N) is 3. The molecule has 4 rings (SSSR count). The molecule has 3 aromatic rings. The van der Waals surface area contributed by atoms with Crippen molar-refractivity contribution < 1.29 is 9.84 Å². The third kappa shape index (κ3) is 3.52. The number of hydrogen-bond donors (Lipinski definition) is 3. The number of benzene rings is 1. The summed E-state index contributed by atoms with van der Waals surface area (Å²) in [6.45, 7) is 1.79. The molecule has 3 heterocycles. The van der Waals surface area contributed by atoms with Gasteiger partial charge in [0.05, 0.1) is 6.04 Å². The van der Waals surface area contributed by atoms with Crippen molar-refractivity contribution in [3.05, 3.63) is 42.6 Å². The molecule has 1 aromatic carbocycles. The summed E-state index contributed by atoms with van der Waals surface area (Å²) in [5.41, 5.74) is 1.04. The van der Waals surface area contributed by atoms with Gasteiger partial charge < -0.3 is 14.8 Å². The van der Waals surface area contributed by atoms with E-state index in [1.54, 1.807) is 6.33 Å². The van der Waals surface area contributed by atoms with Crippen LogP contribution in [-0.4, -0.2) is 56.0 Å². The van der Waals surface area contributed by atoms with E-state index in [1.807, 2.05) is 30.5 Å². The van der Waals surface area contributed by atoms with Crippen LogP contribution in [0, 0.1) is 0 Å². The van der Waals surface area contributed by atoms with Gasteiger partial charge in [-0.3, -0.25) is 10.00 Å². The summed E-state index contributed by atoms with van der Waals surface area (Å²) < 4.78 is 5.87. The summed E-state index contributed by atoms with van der Waals surface area (Å²) >= 11 is 0. The number of aromatic nitrogens is 4. The second-order valence-corrected chi connectivity index (χ2v) is 6.54. The zero-order valence-electron chi connectivity index (χ0n) is 14.1. The first-order valence-corrected chi connectivity index (χ1v) is 8.77. The zero-order valence-corrected chi connectivity index (χ0v) is 14.1. The molecule has 1 saturated heterocycles. The van der Waals surface area contributed by atoms with Crippen molar-refractivity contribution in [3.63, 3.8) is 0 Å². The molecule has 1 aliphatic heterocycles. The number of fused-ring (bicyclic) bond motifs is 1. The molecule has 0 aliphatic carbocycles. The van der Waals surface area contributed by atoms with E-state index in [2.05, 4.69) is 25.1 Å². The van der Waals surface area contributed by atoms with Gasteiger partial charge in [-0.2, -0.15) is 5.10 Å². The summed E-state index contributed by atoms with van der Waals surface area (Å²) in [6, 6.07) is 8.07. The predicted molar refractivity (Wildman–Crippen MR) is 94.3 cm³/mol. The van der Waals surface area contributed by atoms with Gasteiger partial charge in [-0.05, 0) is 37.6 Å². The van der Waals surface area contributed by atoms with Gasteiger partial charge in [-0.1, -0.05) is 12.5 Å². The van der Waals surface area contributed by atoms with Crippen molar-refractivity contribution in [1.82, 2.24) is 25.1 Å². The minimum atomic E-state index is -0.558. The molecule has 2 unspecified atom stereocenters. The molecule has 0 radical (unpaired) electrons. The third-order valence-corrected chi connectivity index (χ3v) is 4.79. The quantitative estimate of drug-likeness (QED) is 0.640. The Morgan fingerprint density at radius 1 is 1.32 bits per heavy atom. The number of aliphatic hydroxyl groups excluding tert-OH is 1. The molecule has 1 aliphatic rings. The Labute approximate surface area is 146 Å². The highest BCUT2D eigenvalue weighted by molar-refractivity contribution is 5.85. The first-order valence-electron chi connectivity index (χ1n) is 8.77. The second kappa shape index (κ2) is 7.25. The van der Waals surface area contributed by atoms with Crippen LogP contribution in [0.5, 0.6) is 5.75 Å². The molecule has 132 valence electrons. The lowest BCUT2D eigenvalue weighted by atomic mass is 10.0. The van der Waals surface area contributed by atoms with Gasteiger partial charge in [0.15, 0.2) is 0 Å². The van der Waals surface area contributed by atoms with E-state index < -0.39 is 6.10 Å². The third-order valence-electron chi connectivity index (χ3n) is 4.79. The van der Waals surface area contributed by atoms with Gasteiger partial charge in [0.1, 0.15) is 30.6 Å². The number of aromatic amines is 2. The fraction of sp³-hybridized carbons (Fsp3) is 0.444. The number of hydrogen-bond acceptors (Lipinski definition) is 5. The van der Waals surface area contributed by atoms with E-state index in [1.165, 1.54) is 6.42 Å². The van der Waals surface area contributed by atoms with Crippen molar-refractivity contribution in [2.24, 2.45) is 0 Å². The minimum Gasteiger partial charge on any atom is -0.490 e. The Morgan fingerprint density at radius 2 is 2.28 bits per heavy atom. The Hall–Kier alpha value is -2.38. The molecule has 2 atom stereocenters. The first-order chi connectivity index (χ1) is 12.3. The molecule has 7 nitrogen and oxygen atoms in total. The van der Waals surface area contributed by atoms with Crippen molar-refractivity contribution in [1.29, 1.82) is 0 Å². The molecular weight excluding hydrogens is 318 g/mol. The maximum Gasteiger partial charge on any atom is 0.141 e. The summed E-state index contributed by atoms with van der Waals surface area (Å²) in [7, 11) is 0. The van der Waals surface area contributed by atoms with Crippen LogP contribution in [0.1, 0.15) is 31.1 Å². The summed E-state index contributed by atoms with van der Waals surface area (Å²) in [5.74, 6) is 1.67. The van der Waals surface area contributed by atoms with Gasteiger partial charge in [-0.15, -0.1) is 0 Å². The van der Waals surface area contributed by atoms with Crippen molar-refractivity contribution in [2.75, 3.05) is 19.7 Å². The minimum absolute atomic E-state index is 0.194. The number of β-amino-alcohol motifs (C(OH)–C–C–N with tert-alkyl or cyclic N) is 1. The highest BCUT2D eigenvalue weighted by atomic mass is 16.5. The van der Waals surface area contributed by atoms with E-state index in [0.29, 0.717) is 6.54 Å². The Morgan fingerprint density at radius 3 is 3.16 bits per heavy atom. The second-order valence-electron chi connectivity index (χ2n) is 6.54. The van der Waals surface area contributed by atoms with Gasteiger partial charge in [-0.25, -0.2) is 4.98 Å². The number of nitrogens with one attached hydrogen (secondary N) is 2. The lowest BCUT2D eigenvalue weighted by Crippen LogP contribution is -2.41. The largest absolute Gasteiger partial charge is 0.490 e. The molecule has 0 spiro atoms. The van der Waals surface area contributed by atoms with Crippen molar-refractivity contribution in [2.45, 2.75) is 31.4 Å². The van der Waals surface area contributed by atoms with Gasteiger partial charge in [0.25, 0.3) is 0 Å². The van der Waals surface area contributed by atoms with Crippen molar-refractivity contribution >= 4 is 10.9 Å². The number of ether oxygens (including phenoxy) is 1. The molecule has 0 bridgehead atoms. The van der Waals surface area contributed by atoms with Gasteiger partial charge in [0.2, 0.25) is 0 Å². The van der Waals surface area contributed by atoms with E-state index in [-0.39, 0.29) is 12.6 Å². The molecule has 0 amide bonds. The summed E-state index contributed by atoms with van der Waals surface area (Å²) in [5, 5.41) is 18.4. The highest BCUT2D eigenvalue weighted by Gasteiger charge is 2.27. The maximum absolute atomic E-state index is 10.5. The van der Waals surface area contributed by atoms with Gasteiger partial charge in [0, 0.05) is 23.6 Å². The van der Waals surface area contributed by atoms with Crippen LogP contribution in [0.15, 0.2) is 36.8 Å². The van der Waals surface area contributed by atoms with Crippen LogP contribution in [-0.2, 0) is 0 Å². The molecule has 25 heavy (non-hydrogen) atoms. The fourth-order valence-electron chi connectivity index (χ4n) is 3.59. The number of likely N-dealkylation sites (tertiary alicyclic amines) is 1. The zero-order chi connectivity index (χ0) is 17.1.